The molecule has 1 aliphatic heterocycles. The summed E-state index contributed by atoms with van der Waals surface area (Å²) in [6.07, 6.45) is 2.14. The molecule has 1 aliphatic rings. The number of carbonyl (C=O) groups excluding carboxylic acids is 1. The van der Waals surface area contributed by atoms with Gasteiger partial charge in [-0.15, -0.1) is 0 Å². The van der Waals surface area contributed by atoms with Crippen LogP contribution in [0.5, 0.6) is 5.75 Å². The molecule has 1 fully saturated rings. The van der Waals surface area contributed by atoms with Crippen molar-refractivity contribution in [3.63, 3.8) is 0 Å². The van der Waals surface area contributed by atoms with Crippen LogP contribution in [0.1, 0.15) is 57.3 Å². The molecule has 3 atom stereocenters. The average molecular weight is 503 g/mol. The highest BCUT2D eigenvalue weighted by molar-refractivity contribution is 5.99. The van der Waals surface area contributed by atoms with Gasteiger partial charge in [-0.2, -0.15) is 0 Å². The first-order valence-corrected chi connectivity index (χ1v) is 13.3. The summed E-state index contributed by atoms with van der Waals surface area (Å²) in [5.41, 5.74) is 4.36. The summed E-state index contributed by atoms with van der Waals surface area (Å²) in [6.45, 7) is 7.28. The van der Waals surface area contributed by atoms with E-state index in [1.165, 1.54) is 17.2 Å². The number of nitrogens with zero attached hydrogens (tertiary/aromatic N) is 2. The van der Waals surface area contributed by atoms with Crippen molar-refractivity contribution in [1.82, 2.24) is 9.80 Å². The zero-order valence-electron chi connectivity index (χ0n) is 22.5. The average Bonchev–Trinajstić information content (AvgIpc) is 2.87. The van der Waals surface area contributed by atoms with Gasteiger partial charge in [0.1, 0.15) is 11.6 Å². The quantitative estimate of drug-likeness (QED) is 0.281. The molecule has 0 saturated carbocycles. The number of unbranched alkanes of at least 4 members (excludes halogenated alkanes) is 1. The summed E-state index contributed by atoms with van der Waals surface area (Å²) in [4.78, 5) is 18.7. The number of carbonyl (C=O) groups is 1. The number of likely N-dealkylation sites (tertiary alicyclic amines) is 1. The van der Waals surface area contributed by atoms with Crippen molar-refractivity contribution in [2.45, 2.75) is 38.5 Å². The van der Waals surface area contributed by atoms with E-state index < -0.39 is 0 Å². The second-order valence-corrected chi connectivity index (χ2v) is 10.8. The van der Waals surface area contributed by atoms with Gasteiger partial charge in [0.25, 0.3) is 0 Å². The summed E-state index contributed by atoms with van der Waals surface area (Å²) >= 11 is 0. The molecule has 1 saturated heterocycles. The second kappa shape index (κ2) is 12.0. The Bertz CT molecular complexity index is 1220. The molecule has 0 spiro atoms. The van der Waals surface area contributed by atoms with Gasteiger partial charge in [-0.25, -0.2) is 4.39 Å². The van der Waals surface area contributed by atoms with Crippen molar-refractivity contribution >= 4 is 5.78 Å². The van der Waals surface area contributed by atoms with E-state index in [1.807, 2.05) is 13.0 Å². The van der Waals surface area contributed by atoms with Crippen molar-refractivity contribution in [2.24, 2.45) is 5.92 Å². The third-order valence-corrected chi connectivity index (χ3v) is 7.71. The van der Waals surface area contributed by atoms with Gasteiger partial charge in [0.15, 0.2) is 5.78 Å². The predicted octanol–water partition coefficient (Wildman–Crippen LogP) is 6.17. The first kappa shape index (κ1) is 27.0. The molecule has 0 radical (unpaired) electrons. The zero-order valence-corrected chi connectivity index (χ0v) is 22.5. The van der Waals surface area contributed by atoms with E-state index in [0.29, 0.717) is 17.7 Å². The Hall–Kier alpha value is -3.02. The van der Waals surface area contributed by atoms with Crippen LogP contribution in [0.2, 0.25) is 0 Å². The number of Topliss-reactive ketones (excluding diaryl/α,β-unsaturated/α-hetero) is 1. The standard InChI is InChI=1S/C32H39FN2O2/c1-22-10-7-11-24(18-22)28-20-35(17-6-5-16-34(3)4)21-29(32(37)25-12-8-13-26(36)19-25)31(28)27-14-9-15-30(33)23(27)2/h7-15,18-19,28-29,31,36H,5-6,16-17,20-21H2,1-4H3. The Balaban J connectivity index is 1.78. The molecule has 37 heavy (non-hydrogen) atoms. The Labute approximate surface area is 220 Å². The molecule has 4 nitrogen and oxygen atoms in total. The van der Waals surface area contributed by atoms with Crippen molar-refractivity contribution in [3.05, 3.63) is 100 Å². The highest BCUT2D eigenvalue weighted by Crippen LogP contribution is 2.46. The van der Waals surface area contributed by atoms with Crippen LogP contribution < -0.4 is 0 Å². The number of piperidine rings is 1. The number of phenols is 1. The Morgan fingerprint density at radius 1 is 1.00 bits per heavy atom. The van der Waals surface area contributed by atoms with E-state index in [2.05, 4.69) is 55.1 Å². The minimum absolute atomic E-state index is 0.000191. The molecule has 0 amide bonds. The molecule has 0 bridgehead atoms. The Morgan fingerprint density at radius 3 is 2.49 bits per heavy atom. The van der Waals surface area contributed by atoms with Crippen LogP contribution in [-0.4, -0.2) is 61.0 Å². The molecule has 1 heterocycles. The number of aromatic hydroxyl groups is 1. The van der Waals surface area contributed by atoms with Crippen molar-refractivity contribution in [1.29, 1.82) is 0 Å². The van der Waals surface area contributed by atoms with Crippen LogP contribution in [0.3, 0.4) is 0 Å². The Morgan fingerprint density at radius 2 is 1.76 bits per heavy atom. The number of ketones is 1. The molecular weight excluding hydrogens is 463 g/mol. The largest absolute Gasteiger partial charge is 0.508 e. The van der Waals surface area contributed by atoms with Gasteiger partial charge in [0.2, 0.25) is 0 Å². The maximum Gasteiger partial charge on any atom is 0.167 e. The van der Waals surface area contributed by atoms with Gasteiger partial charge < -0.3 is 14.9 Å². The number of phenolic OH excluding ortho intramolecular Hbond substituents is 1. The fourth-order valence-corrected chi connectivity index (χ4v) is 5.84. The van der Waals surface area contributed by atoms with E-state index in [-0.39, 0.29) is 35.1 Å². The van der Waals surface area contributed by atoms with E-state index in [0.717, 1.165) is 38.0 Å². The third kappa shape index (κ3) is 6.46. The third-order valence-electron chi connectivity index (χ3n) is 7.71. The lowest BCUT2D eigenvalue weighted by Crippen LogP contribution is -2.47. The highest BCUT2D eigenvalue weighted by atomic mass is 19.1. The van der Waals surface area contributed by atoms with Gasteiger partial charge in [-0.1, -0.05) is 54.1 Å². The minimum Gasteiger partial charge on any atom is -0.508 e. The summed E-state index contributed by atoms with van der Waals surface area (Å²) in [5.74, 6) is -0.665. The first-order valence-electron chi connectivity index (χ1n) is 13.3. The Kier molecular flexibility index (Phi) is 8.78. The van der Waals surface area contributed by atoms with Crippen molar-refractivity contribution < 1.29 is 14.3 Å². The van der Waals surface area contributed by atoms with E-state index in [9.17, 15) is 14.3 Å². The maximum absolute atomic E-state index is 14.8. The smallest absolute Gasteiger partial charge is 0.167 e. The van der Waals surface area contributed by atoms with E-state index in [1.54, 1.807) is 30.3 Å². The topological polar surface area (TPSA) is 43.8 Å². The molecule has 0 aliphatic carbocycles. The molecule has 1 N–H and O–H groups in total. The maximum atomic E-state index is 14.8. The van der Waals surface area contributed by atoms with Crippen LogP contribution in [0.25, 0.3) is 0 Å². The molecule has 3 aromatic rings. The highest BCUT2D eigenvalue weighted by Gasteiger charge is 2.43. The van der Waals surface area contributed by atoms with Crippen molar-refractivity contribution in [3.8, 4) is 5.75 Å². The molecular formula is C32H39FN2O2. The van der Waals surface area contributed by atoms with Gasteiger partial charge in [-0.05, 0) is 88.8 Å². The van der Waals surface area contributed by atoms with Gasteiger partial charge >= 0.3 is 0 Å². The lowest BCUT2D eigenvalue weighted by molar-refractivity contribution is 0.0735. The fourth-order valence-electron chi connectivity index (χ4n) is 5.84. The fraction of sp³-hybridized carbons (Fsp3) is 0.406. The van der Waals surface area contributed by atoms with E-state index in [4.69, 9.17) is 0 Å². The number of hydrogen-bond donors (Lipinski definition) is 1. The molecule has 4 rings (SSSR count). The number of benzene rings is 3. The van der Waals surface area contributed by atoms with Crippen LogP contribution in [0.4, 0.5) is 4.39 Å². The molecule has 0 aromatic heterocycles. The van der Waals surface area contributed by atoms with E-state index >= 15 is 0 Å². The van der Waals surface area contributed by atoms with Crippen LogP contribution in [0.15, 0.2) is 66.7 Å². The molecule has 3 unspecified atom stereocenters. The number of halogens is 1. The van der Waals surface area contributed by atoms with Crippen LogP contribution in [0, 0.1) is 25.6 Å². The monoisotopic (exact) mass is 502 g/mol. The van der Waals surface area contributed by atoms with Crippen LogP contribution >= 0.6 is 0 Å². The number of rotatable bonds is 9. The zero-order chi connectivity index (χ0) is 26.5. The lowest BCUT2D eigenvalue weighted by Gasteiger charge is -2.44. The second-order valence-electron chi connectivity index (χ2n) is 10.8. The summed E-state index contributed by atoms with van der Waals surface area (Å²) in [6, 6.07) is 20.4. The van der Waals surface area contributed by atoms with Crippen molar-refractivity contribution in [2.75, 3.05) is 40.3 Å². The number of aryl methyl sites for hydroxylation is 1. The first-order chi connectivity index (χ1) is 17.7. The summed E-state index contributed by atoms with van der Waals surface area (Å²) in [7, 11) is 4.18. The van der Waals surface area contributed by atoms with Gasteiger partial charge in [0, 0.05) is 36.4 Å². The molecule has 3 aromatic carbocycles. The number of hydrogen-bond acceptors (Lipinski definition) is 4. The molecule has 196 valence electrons. The van der Waals surface area contributed by atoms with Gasteiger partial charge in [0.05, 0.1) is 0 Å². The SMILES string of the molecule is Cc1cccc(C2CN(CCCCN(C)C)CC(C(=O)c3cccc(O)c3)C2c2cccc(F)c2C)c1. The minimum atomic E-state index is -0.365. The summed E-state index contributed by atoms with van der Waals surface area (Å²) < 4.78 is 14.8. The predicted molar refractivity (Wildman–Crippen MR) is 148 cm³/mol. The molecule has 5 heteroatoms. The summed E-state index contributed by atoms with van der Waals surface area (Å²) in [5, 5.41) is 10.1. The van der Waals surface area contributed by atoms with Gasteiger partial charge in [-0.3, -0.25) is 4.79 Å². The normalized spacial score (nSPS) is 20.3. The lowest BCUT2D eigenvalue weighted by atomic mass is 9.67. The van der Waals surface area contributed by atoms with Crippen LogP contribution in [-0.2, 0) is 0 Å².